The average Bonchev–Trinajstić information content (AvgIpc) is 3.33. The van der Waals surface area contributed by atoms with Crippen LogP contribution in [0.2, 0.25) is 0 Å². The minimum atomic E-state index is -0.0148. The third kappa shape index (κ3) is 8.78. The number of likely N-dealkylation sites (N-methyl/N-ethyl adjacent to an activating group) is 1. The number of guanidine groups is 1. The van der Waals surface area contributed by atoms with Gasteiger partial charge >= 0.3 is 0 Å². The van der Waals surface area contributed by atoms with Gasteiger partial charge in [-0.15, -0.1) is 24.0 Å². The van der Waals surface area contributed by atoms with Crippen molar-refractivity contribution in [2.45, 2.75) is 12.8 Å². The van der Waals surface area contributed by atoms with Crippen molar-refractivity contribution >= 4 is 35.8 Å². The average molecular weight is 508 g/mol. The number of nitrogens with one attached hydrogen (secondary N) is 1. The Morgan fingerprint density at radius 3 is 2.93 bits per heavy atom. The van der Waals surface area contributed by atoms with Crippen LogP contribution in [-0.4, -0.2) is 88.9 Å². The van der Waals surface area contributed by atoms with Crippen LogP contribution < -0.4 is 5.32 Å². The van der Waals surface area contributed by atoms with Gasteiger partial charge in [-0.05, 0) is 18.6 Å². The first-order chi connectivity index (χ1) is 13.1. The van der Waals surface area contributed by atoms with E-state index in [0.29, 0.717) is 25.7 Å². The van der Waals surface area contributed by atoms with Gasteiger partial charge in [0.15, 0.2) is 5.96 Å². The summed E-state index contributed by atoms with van der Waals surface area (Å²) in [5, 5.41) is 3.38. The molecule has 9 heteroatoms. The number of halogens is 1. The van der Waals surface area contributed by atoms with Crippen molar-refractivity contribution in [1.29, 1.82) is 0 Å². The lowest BCUT2D eigenvalue weighted by Gasteiger charge is -2.22. The summed E-state index contributed by atoms with van der Waals surface area (Å²) in [5.41, 5.74) is 0. The second kappa shape index (κ2) is 13.8. The van der Waals surface area contributed by atoms with Crippen LogP contribution in [0.1, 0.15) is 12.2 Å². The third-order valence-electron chi connectivity index (χ3n) is 4.47. The molecule has 1 fully saturated rings. The van der Waals surface area contributed by atoms with Gasteiger partial charge < -0.3 is 29.0 Å². The lowest BCUT2D eigenvalue weighted by Crippen LogP contribution is -2.42. The number of carbonyl (C=O) groups is 1. The highest BCUT2D eigenvalue weighted by atomic mass is 127. The molecule has 0 spiro atoms. The SMILES string of the molecule is COCCOCC1CCN(C(=NCC(=O)N(C)C)NCCc2ccco2)C1.I. The van der Waals surface area contributed by atoms with E-state index in [1.54, 1.807) is 32.4 Å². The molecule has 1 saturated heterocycles. The molecule has 1 aliphatic rings. The number of hydrogen-bond donors (Lipinski definition) is 1. The summed E-state index contributed by atoms with van der Waals surface area (Å²) in [4.78, 5) is 20.2. The van der Waals surface area contributed by atoms with Crippen LogP contribution in [-0.2, 0) is 20.7 Å². The molecule has 1 atom stereocenters. The number of methoxy groups -OCH3 is 1. The highest BCUT2D eigenvalue weighted by Crippen LogP contribution is 2.16. The van der Waals surface area contributed by atoms with Gasteiger partial charge in [-0.2, -0.15) is 0 Å². The highest BCUT2D eigenvalue weighted by Gasteiger charge is 2.25. The Hall–Kier alpha value is -1.33. The van der Waals surface area contributed by atoms with Crippen LogP contribution in [0.15, 0.2) is 27.8 Å². The summed E-state index contributed by atoms with van der Waals surface area (Å²) in [5.74, 6) is 2.15. The molecule has 1 aliphatic heterocycles. The Bertz CT molecular complexity index is 580. The van der Waals surface area contributed by atoms with E-state index in [9.17, 15) is 4.79 Å². The first-order valence-electron chi connectivity index (χ1n) is 9.42. The van der Waals surface area contributed by atoms with Crippen LogP contribution in [0.25, 0.3) is 0 Å². The van der Waals surface area contributed by atoms with E-state index in [4.69, 9.17) is 13.9 Å². The minimum absolute atomic E-state index is 0. The number of furan rings is 1. The van der Waals surface area contributed by atoms with Crippen LogP contribution in [0, 0.1) is 5.92 Å². The van der Waals surface area contributed by atoms with E-state index >= 15 is 0 Å². The summed E-state index contributed by atoms with van der Waals surface area (Å²) >= 11 is 0. The van der Waals surface area contributed by atoms with Crippen LogP contribution in [0.5, 0.6) is 0 Å². The lowest BCUT2D eigenvalue weighted by atomic mass is 10.1. The quantitative estimate of drug-likeness (QED) is 0.223. The van der Waals surface area contributed by atoms with Gasteiger partial charge in [0.05, 0.1) is 26.1 Å². The van der Waals surface area contributed by atoms with Gasteiger partial charge in [0.1, 0.15) is 12.3 Å². The predicted molar refractivity (Wildman–Crippen MR) is 119 cm³/mol. The molecule has 1 aromatic rings. The topological polar surface area (TPSA) is 79.5 Å². The number of ether oxygens (including phenoxy) is 2. The van der Waals surface area contributed by atoms with Crippen molar-refractivity contribution in [1.82, 2.24) is 15.1 Å². The van der Waals surface area contributed by atoms with Gasteiger partial charge in [-0.25, -0.2) is 4.99 Å². The zero-order valence-electron chi connectivity index (χ0n) is 17.1. The van der Waals surface area contributed by atoms with E-state index < -0.39 is 0 Å². The van der Waals surface area contributed by atoms with Crippen LogP contribution in [0.3, 0.4) is 0 Å². The van der Waals surface area contributed by atoms with Crippen molar-refractivity contribution in [3.05, 3.63) is 24.2 Å². The fraction of sp³-hybridized carbons (Fsp3) is 0.684. The summed E-state index contributed by atoms with van der Waals surface area (Å²) in [7, 11) is 5.16. The van der Waals surface area contributed by atoms with E-state index in [-0.39, 0.29) is 36.4 Å². The molecule has 1 aromatic heterocycles. The fourth-order valence-electron chi connectivity index (χ4n) is 2.86. The largest absolute Gasteiger partial charge is 0.469 e. The van der Waals surface area contributed by atoms with Crippen molar-refractivity contribution in [3.63, 3.8) is 0 Å². The molecule has 1 unspecified atom stereocenters. The summed E-state index contributed by atoms with van der Waals surface area (Å²) in [6, 6.07) is 3.84. The number of likely N-dealkylation sites (tertiary alicyclic amines) is 1. The second-order valence-corrected chi connectivity index (χ2v) is 6.85. The predicted octanol–water partition coefficient (Wildman–Crippen LogP) is 1.46. The Labute approximate surface area is 184 Å². The first-order valence-corrected chi connectivity index (χ1v) is 9.42. The number of amides is 1. The first kappa shape index (κ1) is 24.7. The Morgan fingerprint density at radius 1 is 1.43 bits per heavy atom. The molecule has 8 nitrogen and oxygen atoms in total. The zero-order valence-corrected chi connectivity index (χ0v) is 19.4. The molecule has 0 aliphatic carbocycles. The molecule has 2 rings (SSSR count). The van der Waals surface area contributed by atoms with Crippen LogP contribution >= 0.6 is 24.0 Å². The van der Waals surface area contributed by atoms with Crippen molar-refractivity contribution in [2.75, 3.05) is 67.2 Å². The minimum Gasteiger partial charge on any atom is -0.469 e. The molecule has 28 heavy (non-hydrogen) atoms. The highest BCUT2D eigenvalue weighted by molar-refractivity contribution is 14.0. The maximum atomic E-state index is 11.9. The number of rotatable bonds is 10. The molecule has 160 valence electrons. The Balaban J connectivity index is 0.00000392. The summed E-state index contributed by atoms with van der Waals surface area (Å²) in [6.07, 6.45) is 3.49. The van der Waals surface area contributed by atoms with Gasteiger partial charge in [0.2, 0.25) is 5.91 Å². The molecule has 0 bridgehead atoms. The third-order valence-corrected chi connectivity index (χ3v) is 4.47. The fourth-order valence-corrected chi connectivity index (χ4v) is 2.86. The second-order valence-electron chi connectivity index (χ2n) is 6.85. The van der Waals surface area contributed by atoms with Gasteiger partial charge in [-0.1, -0.05) is 0 Å². The molecular formula is C19H33IN4O4. The standard InChI is InChI=1S/C19H32N4O4.HI/c1-22(2)18(24)13-21-19(20-8-6-17-5-4-10-27-17)23-9-7-16(14-23)15-26-12-11-25-3;/h4-5,10,16H,6-9,11-15H2,1-3H3,(H,20,21);1H. The van der Waals surface area contributed by atoms with Gasteiger partial charge in [0, 0.05) is 53.2 Å². The maximum absolute atomic E-state index is 11.9. The molecule has 0 saturated carbocycles. The molecule has 2 heterocycles. The van der Waals surface area contributed by atoms with E-state index in [0.717, 1.165) is 44.3 Å². The Morgan fingerprint density at radius 2 is 2.25 bits per heavy atom. The van der Waals surface area contributed by atoms with E-state index in [1.165, 1.54) is 0 Å². The van der Waals surface area contributed by atoms with Crippen molar-refractivity contribution in [2.24, 2.45) is 10.9 Å². The summed E-state index contributed by atoms with van der Waals surface area (Å²) < 4.78 is 16.0. The summed E-state index contributed by atoms with van der Waals surface area (Å²) in [6.45, 7) is 4.57. The maximum Gasteiger partial charge on any atom is 0.243 e. The van der Waals surface area contributed by atoms with Crippen LogP contribution in [0.4, 0.5) is 0 Å². The number of aliphatic imine (C=N–C) groups is 1. The van der Waals surface area contributed by atoms with Gasteiger partial charge in [-0.3, -0.25) is 4.79 Å². The van der Waals surface area contributed by atoms with Crippen molar-refractivity contribution < 1.29 is 18.7 Å². The number of hydrogen-bond acceptors (Lipinski definition) is 5. The molecule has 0 aromatic carbocycles. The number of carbonyl (C=O) groups excluding carboxylic acids is 1. The van der Waals surface area contributed by atoms with Crippen molar-refractivity contribution in [3.8, 4) is 0 Å². The van der Waals surface area contributed by atoms with Gasteiger partial charge in [0.25, 0.3) is 0 Å². The Kier molecular flexibility index (Phi) is 12.2. The molecular weight excluding hydrogens is 475 g/mol. The van der Waals surface area contributed by atoms with E-state index in [2.05, 4.69) is 15.2 Å². The molecule has 1 N–H and O–H groups in total. The zero-order chi connectivity index (χ0) is 19.5. The molecule has 0 radical (unpaired) electrons. The molecule has 1 amide bonds. The lowest BCUT2D eigenvalue weighted by molar-refractivity contribution is -0.127. The number of nitrogens with zero attached hydrogens (tertiary/aromatic N) is 3. The smallest absolute Gasteiger partial charge is 0.243 e. The van der Waals surface area contributed by atoms with E-state index in [1.807, 2.05) is 12.1 Å². The normalized spacial score (nSPS) is 16.8. The monoisotopic (exact) mass is 508 g/mol.